The lowest BCUT2D eigenvalue weighted by atomic mass is 9.73. The molecular formula is C17H24N2O3. The number of hydrogen-bond donors (Lipinski definition) is 0. The van der Waals surface area contributed by atoms with Gasteiger partial charge in [0, 0.05) is 38.2 Å². The van der Waals surface area contributed by atoms with Gasteiger partial charge in [-0.15, -0.1) is 0 Å². The molecule has 0 spiro atoms. The summed E-state index contributed by atoms with van der Waals surface area (Å²) >= 11 is 0. The molecule has 3 rings (SSSR count). The molecule has 3 heterocycles. The second kappa shape index (κ2) is 6.75. The van der Waals surface area contributed by atoms with Crippen LogP contribution in [0.4, 0.5) is 0 Å². The van der Waals surface area contributed by atoms with Crippen molar-refractivity contribution in [3.63, 3.8) is 0 Å². The number of ether oxygens (including phenoxy) is 2. The van der Waals surface area contributed by atoms with Crippen LogP contribution in [0.25, 0.3) is 0 Å². The first-order valence-electron chi connectivity index (χ1n) is 8.04. The van der Waals surface area contributed by atoms with Crippen LogP contribution in [0.2, 0.25) is 0 Å². The molecule has 2 saturated heterocycles. The van der Waals surface area contributed by atoms with Crippen molar-refractivity contribution in [2.75, 3.05) is 26.3 Å². The van der Waals surface area contributed by atoms with Crippen LogP contribution in [0.15, 0.2) is 24.4 Å². The van der Waals surface area contributed by atoms with Gasteiger partial charge in [-0.3, -0.25) is 9.78 Å². The number of carbonyl (C=O) groups is 1. The zero-order valence-corrected chi connectivity index (χ0v) is 13.2. The molecule has 2 fully saturated rings. The van der Waals surface area contributed by atoms with Crippen LogP contribution in [0, 0.1) is 5.41 Å². The van der Waals surface area contributed by atoms with Crippen molar-refractivity contribution in [2.45, 2.75) is 38.9 Å². The smallest absolute Gasteiger partial charge is 0.219 e. The molecule has 5 nitrogen and oxygen atoms in total. The SMILES string of the molecule is CC(=O)N1CC[C@H]2OCCC[C@]2(COCc2ccccn2)C1. The average molecular weight is 304 g/mol. The van der Waals surface area contributed by atoms with Crippen molar-refractivity contribution < 1.29 is 14.3 Å². The average Bonchev–Trinajstić information content (AvgIpc) is 2.55. The Bertz CT molecular complexity index is 508. The molecule has 0 aromatic carbocycles. The van der Waals surface area contributed by atoms with Crippen LogP contribution in [-0.2, 0) is 20.9 Å². The van der Waals surface area contributed by atoms with E-state index in [1.165, 1.54) is 0 Å². The lowest BCUT2D eigenvalue weighted by Gasteiger charge is -2.50. The minimum Gasteiger partial charge on any atom is -0.377 e. The predicted octanol–water partition coefficient (Wildman–Crippen LogP) is 2.02. The van der Waals surface area contributed by atoms with Crippen LogP contribution in [0.3, 0.4) is 0 Å². The first-order chi connectivity index (χ1) is 10.7. The van der Waals surface area contributed by atoms with Gasteiger partial charge in [0.1, 0.15) is 0 Å². The van der Waals surface area contributed by atoms with Crippen LogP contribution < -0.4 is 0 Å². The summed E-state index contributed by atoms with van der Waals surface area (Å²) < 4.78 is 11.9. The van der Waals surface area contributed by atoms with Crippen molar-refractivity contribution >= 4 is 5.91 Å². The summed E-state index contributed by atoms with van der Waals surface area (Å²) in [5.41, 5.74) is 0.878. The lowest BCUT2D eigenvalue weighted by Crippen LogP contribution is -2.57. The summed E-state index contributed by atoms with van der Waals surface area (Å²) in [4.78, 5) is 18.0. The van der Waals surface area contributed by atoms with Crippen LogP contribution in [0.1, 0.15) is 31.9 Å². The zero-order valence-electron chi connectivity index (χ0n) is 13.2. The van der Waals surface area contributed by atoms with Gasteiger partial charge in [-0.2, -0.15) is 0 Å². The van der Waals surface area contributed by atoms with Crippen LogP contribution >= 0.6 is 0 Å². The van der Waals surface area contributed by atoms with Gasteiger partial charge in [0.05, 0.1) is 25.0 Å². The van der Waals surface area contributed by atoms with Gasteiger partial charge >= 0.3 is 0 Å². The van der Waals surface area contributed by atoms with Crippen molar-refractivity contribution in [2.24, 2.45) is 5.41 Å². The van der Waals surface area contributed by atoms with E-state index in [2.05, 4.69) is 4.98 Å². The monoisotopic (exact) mass is 304 g/mol. The highest BCUT2D eigenvalue weighted by molar-refractivity contribution is 5.73. The molecule has 2 atom stereocenters. The number of nitrogens with zero attached hydrogens (tertiary/aromatic N) is 2. The van der Waals surface area contributed by atoms with Crippen molar-refractivity contribution in [1.82, 2.24) is 9.88 Å². The lowest BCUT2D eigenvalue weighted by molar-refractivity contribution is -0.164. The molecule has 5 heteroatoms. The Morgan fingerprint density at radius 3 is 3.23 bits per heavy atom. The third-order valence-electron chi connectivity index (χ3n) is 4.80. The summed E-state index contributed by atoms with van der Waals surface area (Å²) in [5.74, 6) is 0.146. The van der Waals surface area contributed by atoms with E-state index in [4.69, 9.17) is 9.47 Å². The summed E-state index contributed by atoms with van der Waals surface area (Å²) in [6.45, 7) is 5.14. The second-order valence-electron chi connectivity index (χ2n) is 6.37. The van der Waals surface area contributed by atoms with Crippen molar-refractivity contribution in [3.05, 3.63) is 30.1 Å². The fourth-order valence-electron chi connectivity index (χ4n) is 3.61. The number of hydrogen-bond acceptors (Lipinski definition) is 4. The highest BCUT2D eigenvalue weighted by Gasteiger charge is 2.46. The maximum absolute atomic E-state index is 11.7. The number of amides is 1. The molecule has 2 aliphatic rings. The van der Waals surface area contributed by atoms with E-state index in [0.29, 0.717) is 13.2 Å². The highest BCUT2D eigenvalue weighted by atomic mass is 16.5. The molecule has 0 unspecified atom stereocenters. The van der Waals surface area contributed by atoms with Gasteiger partial charge in [-0.25, -0.2) is 0 Å². The number of fused-ring (bicyclic) bond motifs is 1. The molecule has 1 amide bonds. The molecule has 0 saturated carbocycles. The molecule has 0 radical (unpaired) electrons. The normalized spacial score (nSPS) is 28.2. The van der Waals surface area contributed by atoms with Gasteiger partial charge in [-0.1, -0.05) is 6.07 Å². The number of likely N-dealkylation sites (tertiary alicyclic amines) is 1. The van der Waals surface area contributed by atoms with E-state index in [-0.39, 0.29) is 17.4 Å². The molecule has 0 bridgehead atoms. The predicted molar refractivity (Wildman–Crippen MR) is 82.2 cm³/mol. The van der Waals surface area contributed by atoms with Crippen molar-refractivity contribution in [3.8, 4) is 0 Å². The van der Waals surface area contributed by atoms with E-state index < -0.39 is 0 Å². The Labute approximate surface area is 131 Å². The number of pyridine rings is 1. The Kier molecular flexibility index (Phi) is 4.74. The Morgan fingerprint density at radius 2 is 2.45 bits per heavy atom. The molecule has 22 heavy (non-hydrogen) atoms. The summed E-state index contributed by atoms with van der Waals surface area (Å²) in [5, 5.41) is 0. The second-order valence-corrected chi connectivity index (χ2v) is 6.37. The third kappa shape index (κ3) is 3.31. The first-order valence-corrected chi connectivity index (χ1v) is 8.04. The van der Waals surface area contributed by atoms with E-state index in [1.54, 1.807) is 13.1 Å². The Balaban J connectivity index is 1.64. The topological polar surface area (TPSA) is 51.7 Å². The number of aromatic nitrogens is 1. The van der Waals surface area contributed by atoms with Gasteiger partial charge in [0.25, 0.3) is 0 Å². The van der Waals surface area contributed by atoms with Gasteiger partial charge in [0.2, 0.25) is 5.91 Å². The molecule has 1 aromatic heterocycles. The van der Waals surface area contributed by atoms with E-state index in [1.807, 2.05) is 23.1 Å². The molecule has 0 N–H and O–H groups in total. The Morgan fingerprint density at radius 1 is 1.55 bits per heavy atom. The summed E-state index contributed by atoms with van der Waals surface area (Å²) in [7, 11) is 0. The maximum Gasteiger partial charge on any atom is 0.219 e. The molecule has 0 aliphatic carbocycles. The van der Waals surface area contributed by atoms with Gasteiger partial charge in [-0.05, 0) is 31.4 Å². The molecule has 2 aliphatic heterocycles. The molecule has 1 aromatic rings. The summed E-state index contributed by atoms with van der Waals surface area (Å²) in [6.07, 6.45) is 4.99. The first kappa shape index (κ1) is 15.4. The minimum atomic E-state index is -0.0586. The number of piperidine rings is 1. The Hall–Kier alpha value is -1.46. The van der Waals surface area contributed by atoms with E-state index in [9.17, 15) is 4.79 Å². The molecular weight excluding hydrogens is 280 g/mol. The number of carbonyl (C=O) groups excluding carboxylic acids is 1. The fraction of sp³-hybridized carbons (Fsp3) is 0.647. The minimum absolute atomic E-state index is 0.0586. The quantitative estimate of drug-likeness (QED) is 0.854. The molecule has 120 valence electrons. The maximum atomic E-state index is 11.7. The standard InChI is InChI=1S/C17H24N2O3/c1-14(20)19-9-6-16-17(12-19,7-4-10-22-16)13-21-11-15-5-2-3-8-18-15/h2-3,5,8,16H,4,6-7,9-13H2,1H3/t16-,17-/m1/s1. The number of rotatable bonds is 4. The fourth-order valence-corrected chi connectivity index (χ4v) is 3.61. The zero-order chi connectivity index (χ0) is 15.4. The van der Waals surface area contributed by atoms with E-state index in [0.717, 1.165) is 44.7 Å². The highest BCUT2D eigenvalue weighted by Crippen LogP contribution is 2.40. The van der Waals surface area contributed by atoms with E-state index >= 15 is 0 Å². The van der Waals surface area contributed by atoms with Gasteiger partial charge in [0.15, 0.2) is 0 Å². The largest absolute Gasteiger partial charge is 0.377 e. The summed E-state index contributed by atoms with van der Waals surface area (Å²) in [6, 6.07) is 5.84. The third-order valence-corrected chi connectivity index (χ3v) is 4.80. The van der Waals surface area contributed by atoms with Crippen LogP contribution in [0.5, 0.6) is 0 Å². The van der Waals surface area contributed by atoms with Gasteiger partial charge < -0.3 is 14.4 Å². The van der Waals surface area contributed by atoms with Crippen molar-refractivity contribution in [1.29, 1.82) is 0 Å². The van der Waals surface area contributed by atoms with Crippen LogP contribution in [-0.4, -0.2) is 48.2 Å².